The lowest BCUT2D eigenvalue weighted by atomic mass is 10.2. The van der Waals surface area contributed by atoms with Crippen molar-refractivity contribution in [1.29, 1.82) is 0 Å². The molecule has 0 atom stereocenters. The monoisotopic (exact) mass is 400 g/mol. The Morgan fingerprint density at radius 1 is 0.966 bits per heavy atom. The van der Waals surface area contributed by atoms with Crippen molar-refractivity contribution in [1.82, 2.24) is 10.9 Å². The van der Waals surface area contributed by atoms with Crippen LogP contribution in [0.25, 0.3) is 0 Å². The van der Waals surface area contributed by atoms with E-state index in [9.17, 15) is 14.4 Å². The molecule has 0 fully saturated rings. The molecule has 2 amide bonds. The molecule has 2 aromatic rings. The number of hydrogen-bond donors (Lipinski definition) is 2. The maximum absolute atomic E-state index is 12.3. The Hall–Kier alpha value is -3.55. The maximum atomic E-state index is 12.3. The molecule has 8 nitrogen and oxygen atoms in total. The number of amides is 2. The quantitative estimate of drug-likeness (QED) is 0.521. The Morgan fingerprint density at radius 3 is 2.31 bits per heavy atom. The second kappa shape index (κ2) is 10.7. The second-order valence-electron chi connectivity index (χ2n) is 6.20. The van der Waals surface area contributed by atoms with Crippen molar-refractivity contribution in [3.05, 3.63) is 59.7 Å². The van der Waals surface area contributed by atoms with Gasteiger partial charge < -0.3 is 14.2 Å². The van der Waals surface area contributed by atoms with Crippen molar-refractivity contribution < 1.29 is 28.6 Å². The highest BCUT2D eigenvalue weighted by molar-refractivity contribution is 5.98. The summed E-state index contributed by atoms with van der Waals surface area (Å²) in [6.07, 6.45) is -0.0952. The number of ether oxygens (including phenoxy) is 3. The number of carbonyl (C=O) groups excluding carboxylic acids is 3. The van der Waals surface area contributed by atoms with E-state index in [1.54, 1.807) is 55.5 Å². The van der Waals surface area contributed by atoms with Crippen LogP contribution in [0.1, 0.15) is 41.5 Å². The van der Waals surface area contributed by atoms with Gasteiger partial charge in [0.1, 0.15) is 11.5 Å². The average molecular weight is 400 g/mol. The van der Waals surface area contributed by atoms with Crippen molar-refractivity contribution in [3.8, 4) is 11.5 Å². The van der Waals surface area contributed by atoms with Gasteiger partial charge in [-0.25, -0.2) is 4.79 Å². The summed E-state index contributed by atoms with van der Waals surface area (Å²) in [6, 6.07) is 12.9. The molecule has 0 spiro atoms. The van der Waals surface area contributed by atoms with Crippen molar-refractivity contribution in [2.45, 2.75) is 26.9 Å². The summed E-state index contributed by atoms with van der Waals surface area (Å²) >= 11 is 0. The summed E-state index contributed by atoms with van der Waals surface area (Å²) in [7, 11) is 0. The SMILES string of the molecule is CCOC(=O)c1ccc(OCC(=O)NNC(=O)c2ccccc2OC(C)C)cc1. The van der Waals surface area contributed by atoms with Gasteiger partial charge in [-0.2, -0.15) is 0 Å². The van der Waals surface area contributed by atoms with Crippen molar-refractivity contribution in [2.75, 3.05) is 13.2 Å². The predicted molar refractivity (Wildman–Crippen MR) is 106 cm³/mol. The normalized spacial score (nSPS) is 10.2. The first-order valence-corrected chi connectivity index (χ1v) is 9.15. The number of rotatable bonds is 8. The number of hydrazine groups is 1. The van der Waals surface area contributed by atoms with E-state index in [1.165, 1.54) is 0 Å². The van der Waals surface area contributed by atoms with Gasteiger partial charge in [-0.1, -0.05) is 12.1 Å². The molecule has 2 aromatic carbocycles. The van der Waals surface area contributed by atoms with Crippen LogP contribution in [0.15, 0.2) is 48.5 Å². The third-order valence-electron chi connectivity index (χ3n) is 3.55. The highest BCUT2D eigenvalue weighted by atomic mass is 16.5. The fraction of sp³-hybridized carbons (Fsp3) is 0.286. The van der Waals surface area contributed by atoms with Gasteiger partial charge in [-0.05, 0) is 57.2 Å². The van der Waals surface area contributed by atoms with Gasteiger partial charge in [0.25, 0.3) is 11.8 Å². The molecule has 2 rings (SSSR count). The third-order valence-corrected chi connectivity index (χ3v) is 3.55. The Labute approximate surface area is 169 Å². The largest absolute Gasteiger partial charge is 0.490 e. The minimum Gasteiger partial charge on any atom is -0.490 e. The number of benzene rings is 2. The first kappa shape index (κ1) is 21.7. The van der Waals surface area contributed by atoms with E-state index in [-0.39, 0.29) is 19.3 Å². The Bertz CT molecular complexity index is 849. The van der Waals surface area contributed by atoms with Gasteiger partial charge >= 0.3 is 5.97 Å². The van der Waals surface area contributed by atoms with Crippen LogP contribution < -0.4 is 20.3 Å². The number of carbonyl (C=O) groups is 3. The lowest BCUT2D eigenvalue weighted by Gasteiger charge is -2.14. The molecule has 0 aliphatic carbocycles. The highest BCUT2D eigenvalue weighted by Gasteiger charge is 2.14. The van der Waals surface area contributed by atoms with Gasteiger partial charge in [-0.3, -0.25) is 20.4 Å². The number of esters is 1. The van der Waals surface area contributed by atoms with Crippen LogP contribution >= 0.6 is 0 Å². The molecule has 0 saturated heterocycles. The molecule has 8 heteroatoms. The first-order valence-electron chi connectivity index (χ1n) is 9.15. The van der Waals surface area contributed by atoms with Crippen LogP contribution in [0.2, 0.25) is 0 Å². The smallest absolute Gasteiger partial charge is 0.338 e. The Kier molecular flexibility index (Phi) is 8.02. The molecule has 0 heterocycles. The highest BCUT2D eigenvalue weighted by Crippen LogP contribution is 2.19. The summed E-state index contributed by atoms with van der Waals surface area (Å²) < 4.78 is 15.8. The summed E-state index contributed by atoms with van der Waals surface area (Å²) in [5.41, 5.74) is 5.30. The van der Waals surface area contributed by atoms with Gasteiger partial charge in [0.05, 0.1) is 23.8 Å². The second-order valence-corrected chi connectivity index (χ2v) is 6.20. The average Bonchev–Trinajstić information content (AvgIpc) is 2.71. The van der Waals surface area contributed by atoms with Crippen molar-refractivity contribution >= 4 is 17.8 Å². The molecule has 0 unspecified atom stereocenters. The van der Waals surface area contributed by atoms with Gasteiger partial charge in [-0.15, -0.1) is 0 Å². The van der Waals surface area contributed by atoms with Crippen LogP contribution in [0, 0.1) is 0 Å². The van der Waals surface area contributed by atoms with E-state index in [2.05, 4.69) is 10.9 Å². The van der Waals surface area contributed by atoms with Gasteiger partial charge in [0.15, 0.2) is 6.61 Å². The summed E-state index contributed by atoms with van der Waals surface area (Å²) in [5.74, 6) is -0.660. The minimum atomic E-state index is -0.546. The number of hydrogen-bond acceptors (Lipinski definition) is 6. The molecule has 0 aliphatic heterocycles. The maximum Gasteiger partial charge on any atom is 0.338 e. The molecule has 0 radical (unpaired) electrons. The van der Waals surface area contributed by atoms with Gasteiger partial charge in [0, 0.05) is 0 Å². The van der Waals surface area contributed by atoms with E-state index in [0.29, 0.717) is 22.6 Å². The minimum absolute atomic E-state index is 0.0952. The molecule has 0 bridgehead atoms. The molecule has 0 saturated carbocycles. The molecule has 154 valence electrons. The zero-order chi connectivity index (χ0) is 21.2. The standard InChI is InChI=1S/C21H24N2O6/c1-4-27-21(26)15-9-11-16(12-10-15)28-13-19(24)22-23-20(25)17-7-5-6-8-18(17)29-14(2)3/h5-12,14H,4,13H2,1-3H3,(H,22,24)(H,23,25). The van der Waals surface area contributed by atoms with Crippen molar-refractivity contribution in [3.63, 3.8) is 0 Å². The third kappa shape index (κ3) is 6.84. The lowest BCUT2D eigenvalue weighted by Crippen LogP contribution is -2.44. The van der Waals surface area contributed by atoms with Crippen LogP contribution in [-0.2, 0) is 9.53 Å². The van der Waals surface area contributed by atoms with E-state index >= 15 is 0 Å². The molecule has 0 aromatic heterocycles. The Balaban J connectivity index is 1.83. The molecular weight excluding hydrogens is 376 g/mol. The van der Waals surface area contributed by atoms with E-state index in [0.717, 1.165) is 0 Å². The number of nitrogens with one attached hydrogen (secondary N) is 2. The van der Waals surface area contributed by atoms with Crippen LogP contribution in [-0.4, -0.2) is 37.1 Å². The fourth-order valence-corrected chi connectivity index (χ4v) is 2.29. The predicted octanol–water partition coefficient (Wildman–Crippen LogP) is 2.49. The number of para-hydroxylation sites is 1. The lowest BCUT2D eigenvalue weighted by molar-refractivity contribution is -0.123. The van der Waals surface area contributed by atoms with Crippen LogP contribution in [0.4, 0.5) is 0 Å². The van der Waals surface area contributed by atoms with Gasteiger partial charge in [0.2, 0.25) is 0 Å². The summed E-state index contributed by atoms with van der Waals surface area (Å²) in [5, 5.41) is 0. The molecule has 2 N–H and O–H groups in total. The zero-order valence-corrected chi connectivity index (χ0v) is 16.6. The van der Waals surface area contributed by atoms with E-state index < -0.39 is 17.8 Å². The van der Waals surface area contributed by atoms with Crippen LogP contribution in [0.3, 0.4) is 0 Å². The molecule has 0 aliphatic rings. The van der Waals surface area contributed by atoms with E-state index in [1.807, 2.05) is 13.8 Å². The topological polar surface area (TPSA) is 103 Å². The van der Waals surface area contributed by atoms with Crippen LogP contribution in [0.5, 0.6) is 11.5 Å². The molecule has 29 heavy (non-hydrogen) atoms. The fourth-order valence-electron chi connectivity index (χ4n) is 2.29. The Morgan fingerprint density at radius 2 is 1.66 bits per heavy atom. The summed E-state index contributed by atoms with van der Waals surface area (Å²) in [4.78, 5) is 35.8. The first-order chi connectivity index (χ1) is 13.9. The zero-order valence-electron chi connectivity index (χ0n) is 16.6. The van der Waals surface area contributed by atoms with E-state index in [4.69, 9.17) is 14.2 Å². The molecular formula is C21H24N2O6. The summed E-state index contributed by atoms with van der Waals surface area (Å²) in [6.45, 7) is 5.41. The van der Waals surface area contributed by atoms with Crippen molar-refractivity contribution in [2.24, 2.45) is 0 Å².